The standard InChI is InChI=1S/C16H17Cl2NO/c1-16(2,3)12-6-4-5-7-14(12)20-15-13(18)8-11(9-17)10-19-15/h4-8,10H,9H2,1-3H3. The summed E-state index contributed by atoms with van der Waals surface area (Å²) in [5, 5.41) is 0.465. The van der Waals surface area contributed by atoms with Gasteiger partial charge in [0, 0.05) is 17.6 Å². The van der Waals surface area contributed by atoms with E-state index in [9.17, 15) is 0 Å². The van der Waals surface area contributed by atoms with Crippen LogP contribution in [-0.4, -0.2) is 4.98 Å². The highest BCUT2D eigenvalue weighted by Gasteiger charge is 2.19. The number of alkyl halides is 1. The highest BCUT2D eigenvalue weighted by atomic mass is 35.5. The fourth-order valence-electron chi connectivity index (χ4n) is 1.89. The molecule has 1 aromatic carbocycles. The van der Waals surface area contributed by atoms with Crippen molar-refractivity contribution in [3.05, 3.63) is 52.7 Å². The SMILES string of the molecule is CC(C)(C)c1ccccc1Oc1ncc(CCl)cc1Cl. The van der Waals surface area contributed by atoms with Crippen molar-refractivity contribution in [2.24, 2.45) is 0 Å². The summed E-state index contributed by atoms with van der Waals surface area (Å²) < 4.78 is 5.88. The number of para-hydroxylation sites is 1. The first-order valence-corrected chi connectivity index (χ1v) is 7.31. The van der Waals surface area contributed by atoms with E-state index < -0.39 is 0 Å². The topological polar surface area (TPSA) is 22.1 Å². The molecule has 0 saturated heterocycles. The minimum Gasteiger partial charge on any atom is -0.437 e. The Morgan fingerprint density at radius 2 is 1.90 bits per heavy atom. The number of nitrogens with zero attached hydrogens (tertiary/aromatic N) is 1. The molecule has 0 amide bonds. The summed E-state index contributed by atoms with van der Waals surface area (Å²) in [6, 6.07) is 9.69. The van der Waals surface area contributed by atoms with Gasteiger partial charge < -0.3 is 4.74 Å². The van der Waals surface area contributed by atoms with Crippen molar-refractivity contribution in [1.82, 2.24) is 4.98 Å². The summed E-state index contributed by atoms with van der Waals surface area (Å²) in [4.78, 5) is 4.23. The normalized spacial score (nSPS) is 11.4. The second-order valence-corrected chi connectivity index (χ2v) is 6.29. The van der Waals surface area contributed by atoms with E-state index >= 15 is 0 Å². The van der Waals surface area contributed by atoms with Crippen molar-refractivity contribution in [1.29, 1.82) is 0 Å². The number of rotatable bonds is 3. The summed E-state index contributed by atoms with van der Waals surface area (Å²) in [7, 11) is 0. The zero-order valence-corrected chi connectivity index (χ0v) is 13.3. The molecule has 0 atom stereocenters. The van der Waals surface area contributed by atoms with E-state index in [1.165, 1.54) is 0 Å². The van der Waals surface area contributed by atoms with Gasteiger partial charge in [-0.1, -0.05) is 50.6 Å². The maximum atomic E-state index is 6.18. The molecule has 0 radical (unpaired) electrons. The van der Waals surface area contributed by atoms with Gasteiger partial charge in [-0.25, -0.2) is 4.98 Å². The minimum atomic E-state index is -0.0147. The second-order valence-electron chi connectivity index (χ2n) is 5.61. The molecule has 0 aliphatic rings. The first-order chi connectivity index (χ1) is 9.41. The molecule has 0 spiro atoms. The molecule has 20 heavy (non-hydrogen) atoms. The third-order valence-electron chi connectivity index (χ3n) is 2.92. The molecule has 2 aromatic rings. The molecule has 1 aromatic heterocycles. The van der Waals surface area contributed by atoms with Gasteiger partial charge in [0.2, 0.25) is 5.88 Å². The summed E-state index contributed by atoms with van der Waals surface area (Å²) in [6.07, 6.45) is 1.67. The van der Waals surface area contributed by atoms with E-state index in [0.29, 0.717) is 16.8 Å². The molecule has 0 aliphatic heterocycles. The zero-order valence-electron chi connectivity index (χ0n) is 11.8. The molecule has 1 heterocycles. The maximum Gasteiger partial charge on any atom is 0.238 e. The molecular formula is C16H17Cl2NO. The molecule has 2 rings (SSSR count). The molecule has 2 nitrogen and oxygen atoms in total. The van der Waals surface area contributed by atoms with Gasteiger partial charge in [0.05, 0.1) is 0 Å². The Labute approximate surface area is 129 Å². The van der Waals surface area contributed by atoms with Crippen LogP contribution in [0, 0.1) is 0 Å². The number of pyridine rings is 1. The van der Waals surface area contributed by atoms with Crippen LogP contribution in [0.2, 0.25) is 5.02 Å². The van der Waals surface area contributed by atoms with Crippen LogP contribution in [0.5, 0.6) is 11.6 Å². The van der Waals surface area contributed by atoms with E-state index in [2.05, 4.69) is 31.8 Å². The van der Waals surface area contributed by atoms with Crippen LogP contribution in [0.3, 0.4) is 0 Å². The first kappa shape index (κ1) is 15.1. The Balaban J connectivity index is 2.36. The van der Waals surface area contributed by atoms with Crippen LogP contribution >= 0.6 is 23.2 Å². The lowest BCUT2D eigenvalue weighted by Crippen LogP contribution is -2.12. The van der Waals surface area contributed by atoms with Gasteiger partial charge in [0.1, 0.15) is 10.8 Å². The molecule has 0 aliphatic carbocycles. The van der Waals surface area contributed by atoms with Crippen molar-refractivity contribution >= 4 is 23.2 Å². The van der Waals surface area contributed by atoms with Crippen LogP contribution < -0.4 is 4.74 Å². The Bertz CT molecular complexity index is 606. The third kappa shape index (κ3) is 3.44. The number of aromatic nitrogens is 1. The largest absolute Gasteiger partial charge is 0.437 e. The number of halogens is 2. The highest BCUT2D eigenvalue weighted by molar-refractivity contribution is 6.32. The van der Waals surface area contributed by atoms with Crippen LogP contribution in [0.1, 0.15) is 31.9 Å². The van der Waals surface area contributed by atoms with Gasteiger partial charge in [0.15, 0.2) is 0 Å². The lowest BCUT2D eigenvalue weighted by molar-refractivity contribution is 0.440. The lowest BCUT2D eigenvalue weighted by Gasteiger charge is -2.22. The summed E-state index contributed by atoms with van der Waals surface area (Å²) in [6.45, 7) is 6.42. The van der Waals surface area contributed by atoms with Gasteiger partial charge in [-0.3, -0.25) is 0 Å². The smallest absolute Gasteiger partial charge is 0.238 e. The Kier molecular flexibility index (Phi) is 4.56. The Hall–Kier alpha value is -1.25. The zero-order chi connectivity index (χ0) is 14.8. The van der Waals surface area contributed by atoms with Crippen LogP contribution in [-0.2, 0) is 11.3 Å². The van der Waals surface area contributed by atoms with Gasteiger partial charge in [-0.05, 0) is 23.1 Å². The van der Waals surface area contributed by atoms with E-state index in [0.717, 1.165) is 16.9 Å². The molecule has 0 bridgehead atoms. The Morgan fingerprint density at radius 3 is 2.50 bits per heavy atom. The highest BCUT2D eigenvalue weighted by Crippen LogP contribution is 2.35. The summed E-state index contributed by atoms with van der Waals surface area (Å²) in [5.74, 6) is 1.55. The predicted octanol–water partition coefficient (Wildman–Crippen LogP) is 5.56. The maximum absolute atomic E-state index is 6.18. The molecular weight excluding hydrogens is 293 g/mol. The van der Waals surface area contributed by atoms with Crippen LogP contribution in [0.15, 0.2) is 36.5 Å². The van der Waals surface area contributed by atoms with Crippen molar-refractivity contribution in [3.8, 4) is 11.6 Å². The average Bonchev–Trinajstić information content (AvgIpc) is 2.40. The second kappa shape index (κ2) is 6.02. The van der Waals surface area contributed by atoms with E-state index in [1.54, 1.807) is 12.3 Å². The molecule has 4 heteroatoms. The lowest BCUT2D eigenvalue weighted by atomic mass is 9.86. The molecule has 0 N–H and O–H groups in total. The van der Waals surface area contributed by atoms with Crippen LogP contribution in [0.4, 0.5) is 0 Å². The van der Waals surface area contributed by atoms with Crippen molar-refractivity contribution in [3.63, 3.8) is 0 Å². The van der Waals surface area contributed by atoms with Gasteiger partial charge in [-0.2, -0.15) is 0 Å². The summed E-state index contributed by atoms with van der Waals surface area (Å²) in [5.41, 5.74) is 1.96. The summed E-state index contributed by atoms with van der Waals surface area (Å²) >= 11 is 11.9. The molecule has 0 unspecified atom stereocenters. The van der Waals surface area contributed by atoms with Crippen molar-refractivity contribution in [2.75, 3.05) is 0 Å². The Morgan fingerprint density at radius 1 is 1.20 bits per heavy atom. The van der Waals surface area contributed by atoms with Gasteiger partial charge in [-0.15, -0.1) is 11.6 Å². The monoisotopic (exact) mass is 309 g/mol. The van der Waals surface area contributed by atoms with E-state index in [4.69, 9.17) is 27.9 Å². The predicted molar refractivity (Wildman–Crippen MR) is 84.0 cm³/mol. The number of hydrogen-bond acceptors (Lipinski definition) is 2. The minimum absolute atomic E-state index is 0.0147. The quantitative estimate of drug-likeness (QED) is 0.692. The first-order valence-electron chi connectivity index (χ1n) is 6.39. The number of hydrogen-bond donors (Lipinski definition) is 0. The third-order valence-corrected chi connectivity index (χ3v) is 3.50. The molecule has 0 saturated carbocycles. The van der Waals surface area contributed by atoms with Gasteiger partial charge >= 0.3 is 0 Å². The molecule has 106 valence electrons. The van der Waals surface area contributed by atoms with E-state index in [1.807, 2.05) is 18.2 Å². The number of benzene rings is 1. The fourth-order valence-corrected chi connectivity index (χ4v) is 2.27. The van der Waals surface area contributed by atoms with Crippen LogP contribution in [0.25, 0.3) is 0 Å². The average molecular weight is 310 g/mol. The fraction of sp³-hybridized carbons (Fsp3) is 0.312. The van der Waals surface area contributed by atoms with Crippen molar-refractivity contribution in [2.45, 2.75) is 32.1 Å². The number of ether oxygens (including phenoxy) is 1. The van der Waals surface area contributed by atoms with Gasteiger partial charge in [0.25, 0.3) is 0 Å². The molecule has 0 fully saturated rings. The van der Waals surface area contributed by atoms with E-state index in [-0.39, 0.29) is 5.41 Å². The van der Waals surface area contributed by atoms with Crippen molar-refractivity contribution < 1.29 is 4.74 Å².